The Hall–Kier alpha value is -0.540. The minimum absolute atomic E-state index is 0.0523. The summed E-state index contributed by atoms with van der Waals surface area (Å²) >= 11 is 7.26. The average molecular weight is 275 g/mol. The maximum atomic E-state index is 13.4. The highest BCUT2D eigenvalue weighted by Gasteiger charge is 2.10. The Kier molecular flexibility index (Phi) is 6.00. The molecular weight excluding hydrogens is 259 g/mol. The average Bonchev–Trinajstić information content (AvgIpc) is 2.29. The van der Waals surface area contributed by atoms with Crippen LogP contribution in [-0.4, -0.2) is 16.8 Å². The van der Waals surface area contributed by atoms with E-state index >= 15 is 0 Å². The van der Waals surface area contributed by atoms with Crippen molar-refractivity contribution in [1.82, 2.24) is 0 Å². The minimum Gasteiger partial charge on any atom is -0.298 e. The van der Waals surface area contributed by atoms with Gasteiger partial charge in [0.2, 0.25) is 0 Å². The number of Topliss-reactive ketones (excluding diaryl/α,β-unsaturated/α-hetero) is 1. The lowest BCUT2D eigenvalue weighted by Gasteiger charge is -2.07. The fraction of sp³-hybridized carbons (Fsp3) is 0.462. The zero-order valence-electron chi connectivity index (χ0n) is 10.0. The van der Waals surface area contributed by atoms with Crippen molar-refractivity contribution >= 4 is 29.1 Å². The van der Waals surface area contributed by atoms with Crippen molar-refractivity contribution in [3.8, 4) is 0 Å². The Balaban J connectivity index is 2.50. The van der Waals surface area contributed by atoms with Crippen molar-refractivity contribution in [2.75, 3.05) is 5.75 Å². The molecule has 4 heteroatoms. The van der Waals surface area contributed by atoms with Gasteiger partial charge in [0.25, 0.3) is 0 Å². The van der Waals surface area contributed by atoms with Crippen molar-refractivity contribution in [2.24, 2.45) is 0 Å². The van der Waals surface area contributed by atoms with E-state index in [1.54, 1.807) is 23.9 Å². The zero-order chi connectivity index (χ0) is 12.8. The van der Waals surface area contributed by atoms with Gasteiger partial charge < -0.3 is 0 Å². The molecule has 0 spiro atoms. The van der Waals surface area contributed by atoms with Gasteiger partial charge in [0.1, 0.15) is 11.6 Å². The van der Waals surface area contributed by atoms with Crippen LogP contribution in [-0.2, 0) is 11.2 Å². The minimum atomic E-state index is -0.403. The smallest absolute Gasteiger partial charge is 0.147 e. The van der Waals surface area contributed by atoms with Crippen molar-refractivity contribution < 1.29 is 9.18 Å². The number of carbonyl (C=O) groups is 1. The SMILES string of the molecule is CCC(C)SCC(=O)Cc1ccc(Cl)cc1F. The third-order valence-electron chi connectivity index (χ3n) is 2.51. The summed E-state index contributed by atoms with van der Waals surface area (Å²) in [5, 5.41) is 0.821. The summed E-state index contributed by atoms with van der Waals surface area (Å²) in [6, 6.07) is 4.42. The van der Waals surface area contributed by atoms with E-state index in [9.17, 15) is 9.18 Å². The Labute approximate surface area is 111 Å². The summed E-state index contributed by atoms with van der Waals surface area (Å²) in [5.41, 5.74) is 0.421. The lowest BCUT2D eigenvalue weighted by Crippen LogP contribution is -2.09. The van der Waals surface area contributed by atoms with Crippen LogP contribution in [0.4, 0.5) is 4.39 Å². The fourth-order valence-electron chi connectivity index (χ4n) is 1.28. The molecule has 0 heterocycles. The van der Waals surface area contributed by atoms with Crippen LogP contribution in [0.3, 0.4) is 0 Å². The summed E-state index contributed by atoms with van der Waals surface area (Å²) in [7, 11) is 0. The number of rotatable bonds is 6. The molecule has 17 heavy (non-hydrogen) atoms. The summed E-state index contributed by atoms with van der Waals surface area (Å²) in [4.78, 5) is 11.6. The van der Waals surface area contributed by atoms with Crippen LogP contribution in [0.1, 0.15) is 25.8 Å². The van der Waals surface area contributed by atoms with Crippen LogP contribution in [0.25, 0.3) is 0 Å². The molecule has 0 fully saturated rings. The number of thioether (sulfide) groups is 1. The molecule has 0 aliphatic rings. The molecule has 94 valence electrons. The van der Waals surface area contributed by atoms with Gasteiger partial charge in [-0.3, -0.25) is 4.79 Å². The number of benzene rings is 1. The van der Waals surface area contributed by atoms with Crippen LogP contribution in [0.2, 0.25) is 5.02 Å². The van der Waals surface area contributed by atoms with Gasteiger partial charge in [-0.25, -0.2) is 4.39 Å². The van der Waals surface area contributed by atoms with Gasteiger partial charge in [0.05, 0.1) is 5.75 Å². The van der Waals surface area contributed by atoms with E-state index in [0.29, 0.717) is 21.6 Å². The topological polar surface area (TPSA) is 17.1 Å². The van der Waals surface area contributed by atoms with Crippen molar-refractivity contribution in [3.05, 3.63) is 34.6 Å². The predicted octanol–water partition coefficient (Wildman–Crippen LogP) is 4.12. The largest absolute Gasteiger partial charge is 0.298 e. The van der Waals surface area contributed by atoms with E-state index in [1.807, 2.05) is 0 Å². The van der Waals surface area contributed by atoms with Gasteiger partial charge in [-0.05, 0) is 24.1 Å². The summed E-state index contributed by atoms with van der Waals surface area (Å²) in [6.45, 7) is 4.17. The van der Waals surface area contributed by atoms with E-state index < -0.39 is 5.82 Å². The summed E-state index contributed by atoms with van der Waals surface area (Å²) in [6.07, 6.45) is 1.18. The molecule has 0 bridgehead atoms. The molecule has 0 aliphatic carbocycles. The van der Waals surface area contributed by atoms with Crippen LogP contribution >= 0.6 is 23.4 Å². The molecule has 1 unspecified atom stereocenters. The number of ketones is 1. The highest BCUT2D eigenvalue weighted by atomic mass is 35.5. The highest BCUT2D eigenvalue weighted by Crippen LogP contribution is 2.17. The van der Waals surface area contributed by atoms with Crippen molar-refractivity contribution in [1.29, 1.82) is 0 Å². The van der Waals surface area contributed by atoms with Gasteiger partial charge in [-0.2, -0.15) is 11.8 Å². The van der Waals surface area contributed by atoms with Crippen LogP contribution < -0.4 is 0 Å². The van der Waals surface area contributed by atoms with E-state index in [-0.39, 0.29) is 12.2 Å². The maximum absolute atomic E-state index is 13.4. The molecular formula is C13H16ClFOS. The molecule has 0 aromatic heterocycles. The quantitative estimate of drug-likeness (QED) is 0.776. The molecule has 1 atom stereocenters. The molecule has 0 saturated heterocycles. The Morgan fingerprint density at radius 3 is 2.82 bits per heavy atom. The number of hydrogen-bond donors (Lipinski definition) is 0. The summed E-state index contributed by atoms with van der Waals surface area (Å²) in [5.74, 6) is 0.0905. The van der Waals surface area contributed by atoms with Gasteiger partial charge in [0, 0.05) is 16.7 Å². The van der Waals surface area contributed by atoms with E-state index in [0.717, 1.165) is 6.42 Å². The molecule has 0 N–H and O–H groups in total. The second kappa shape index (κ2) is 7.02. The molecule has 0 radical (unpaired) electrons. The van der Waals surface area contributed by atoms with Gasteiger partial charge in [-0.15, -0.1) is 0 Å². The zero-order valence-corrected chi connectivity index (χ0v) is 11.6. The molecule has 1 aromatic rings. The van der Waals surface area contributed by atoms with Gasteiger partial charge >= 0.3 is 0 Å². The molecule has 0 saturated carbocycles. The summed E-state index contributed by atoms with van der Waals surface area (Å²) < 4.78 is 13.4. The molecule has 1 aromatic carbocycles. The maximum Gasteiger partial charge on any atom is 0.147 e. The lowest BCUT2D eigenvalue weighted by molar-refractivity contribution is -0.116. The van der Waals surface area contributed by atoms with E-state index in [1.165, 1.54) is 6.07 Å². The first-order valence-corrected chi connectivity index (χ1v) is 7.02. The molecule has 1 rings (SSSR count). The van der Waals surface area contributed by atoms with Crippen molar-refractivity contribution in [3.63, 3.8) is 0 Å². The Morgan fingerprint density at radius 2 is 2.24 bits per heavy atom. The Bertz CT molecular complexity index is 395. The number of hydrogen-bond acceptors (Lipinski definition) is 2. The fourth-order valence-corrected chi connectivity index (χ4v) is 2.25. The first-order valence-electron chi connectivity index (χ1n) is 5.60. The lowest BCUT2D eigenvalue weighted by atomic mass is 10.1. The third-order valence-corrected chi connectivity index (χ3v) is 4.13. The van der Waals surface area contributed by atoms with Crippen LogP contribution in [0.5, 0.6) is 0 Å². The first-order chi connectivity index (χ1) is 8.02. The Morgan fingerprint density at radius 1 is 1.53 bits per heavy atom. The van der Waals surface area contributed by atoms with Gasteiger partial charge in [-0.1, -0.05) is 31.5 Å². The first kappa shape index (κ1) is 14.5. The second-order valence-electron chi connectivity index (χ2n) is 3.98. The normalized spacial score (nSPS) is 12.5. The standard InChI is InChI=1S/C13H16ClFOS/c1-3-9(2)17-8-12(16)6-10-4-5-11(14)7-13(10)15/h4-5,7,9H,3,6,8H2,1-2H3. The molecule has 0 amide bonds. The highest BCUT2D eigenvalue weighted by molar-refractivity contribution is 8.00. The second-order valence-corrected chi connectivity index (χ2v) is 5.84. The van der Waals surface area contributed by atoms with Gasteiger partial charge in [0.15, 0.2) is 0 Å². The van der Waals surface area contributed by atoms with E-state index in [4.69, 9.17) is 11.6 Å². The van der Waals surface area contributed by atoms with Crippen LogP contribution in [0, 0.1) is 5.82 Å². The van der Waals surface area contributed by atoms with E-state index in [2.05, 4.69) is 13.8 Å². The predicted molar refractivity (Wildman–Crippen MR) is 72.3 cm³/mol. The number of halogens is 2. The van der Waals surface area contributed by atoms with Crippen LogP contribution in [0.15, 0.2) is 18.2 Å². The third kappa shape index (κ3) is 5.09. The number of carbonyl (C=O) groups excluding carboxylic acids is 1. The molecule has 0 aliphatic heterocycles. The molecule has 1 nitrogen and oxygen atoms in total. The van der Waals surface area contributed by atoms with Crippen molar-refractivity contribution in [2.45, 2.75) is 31.9 Å². The monoisotopic (exact) mass is 274 g/mol.